The zero-order valence-corrected chi connectivity index (χ0v) is 20.8. The SMILES string of the molecule is COc1nc(OC)c(NC(=O)Cc2ccc(Oc3nc([Si](C)(C)C)ccc3C)o2)c(OC)n1. The van der Waals surface area contributed by atoms with Crippen molar-refractivity contribution in [1.29, 1.82) is 0 Å². The lowest BCUT2D eigenvalue weighted by Gasteiger charge is -2.16. The summed E-state index contributed by atoms with van der Waals surface area (Å²) in [6.45, 7) is 8.58. The minimum atomic E-state index is -1.59. The first kappa shape index (κ1) is 24.0. The van der Waals surface area contributed by atoms with Crippen LogP contribution in [0.25, 0.3) is 0 Å². The molecule has 0 spiro atoms. The van der Waals surface area contributed by atoms with E-state index in [2.05, 4.69) is 39.9 Å². The maximum Gasteiger partial charge on any atom is 0.322 e. The predicted molar refractivity (Wildman–Crippen MR) is 125 cm³/mol. The summed E-state index contributed by atoms with van der Waals surface area (Å²) in [5.41, 5.74) is 1.09. The molecule has 0 unspecified atom stereocenters. The Morgan fingerprint density at radius 3 is 2.18 bits per heavy atom. The van der Waals surface area contributed by atoms with E-state index in [9.17, 15) is 4.79 Å². The van der Waals surface area contributed by atoms with Crippen LogP contribution in [-0.2, 0) is 11.2 Å². The molecule has 0 radical (unpaired) electrons. The highest BCUT2D eigenvalue weighted by Crippen LogP contribution is 2.33. The van der Waals surface area contributed by atoms with Crippen molar-refractivity contribution in [3.63, 3.8) is 0 Å². The van der Waals surface area contributed by atoms with Gasteiger partial charge < -0.3 is 28.7 Å². The number of anilines is 1. The summed E-state index contributed by atoms with van der Waals surface area (Å²) < 4.78 is 27.0. The van der Waals surface area contributed by atoms with Crippen LogP contribution in [0.5, 0.6) is 29.6 Å². The van der Waals surface area contributed by atoms with Crippen molar-refractivity contribution in [3.8, 4) is 29.6 Å². The van der Waals surface area contributed by atoms with Crippen molar-refractivity contribution >= 4 is 25.0 Å². The number of aromatic nitrogens is 3. The molecule has 0 atom stereocenters. The van der Waals surface area contributed by atoms with Crippen LogP contribution >= 0.6 is 0 Å². The smallest absolute Gasteiger partial charge is 0.322 e. The summed E-state index contributed by atoms with van der Waals surface area (Å²) in [4.78, 5) is 25.4. The van der Waals surface area contributed by atoms with E-state index in [1.54, 1.807) is 12.1 Å². The molecule has 0 saturated carbocycles. The molecule has 176 valence electrons. The highest BCUT2D eigenvalue weighted by molar-refractivity contribution is 6.88. The Kier molecular flexibility index (Phi) is 7.22. The molecule has 0 aliphatic heterocycles. The quantitative estimate of drug-likeness (QED) is 0.468. The molecule has 3 aromatic rings. The van der Waals surface area contributed by atoms with Gasteiger partial charge in [-0.1, -0.05) is 25.7 Å². The Labute approximate surface area is 193 Å². The van der Waals surface area contributed by atoms with Crippen LogP contribution in [0.4, 0.5) is 5.69 Å². The van der Waals surface area contributed by atoms with E-state index in [0.29, 0.717) is 11.6 Å². The number of hydrogen-bond acceptors (Lipinski definition) is 9. The molecule has 1 amide bonds. The fraction of sp³-hybridized carbons (Fsp3) is 0.364. The van der Waals surface area contributed by atoms with Crippen molar-refractivity contribution in [2.75, 3.05) is 26.6 Å². The molecule has 0 aliphatic carbocycles. The average molecular weight is 473 g/mol. The van der Waals surface area contributed by atoms with Gasteiger partial charge in [-0.2, -0.15) is 9.97 Å². The van der Waals surface area contributed by atoms with Crippen LogP contribution in [0.15, 0.2) is 28.7 Å². The third-order valence-electron chi connectivity index (χ3n) is 4.64. The molecule has 0 saturated heterocycles. The monoisotopic (exact) mass is 472 g/mol. The first-order valence-corrected chi connectivity index (χ1v) is 13.7. The zero-order chi connectivity index (χ0) is 24.2. The number of ether oxygens (including phenoxy) is 4. The third kappa shape index (κ3) is 5.80. The summed E-state index contributed by atoms with van der Waals surface area (Å²) in [6.07, 6.45) is -0.0525. The van der Waals surface area contributed by atoms with Gasteiger partial charge in [0.2, 0.25) is 23.5 Å². The van der Waals surface area contributed by atoms with Crippen molar-refractivity contribution in [2.24, 2.45) is 0 Å². The maximum atomic E-state index is 12.6. The third-order valence-corrected chi connectivity index (χ3v) is 6.46. The van der Waals surface area contributed by atoms with Crippen molar-refractivity contribution in [1.82, 2.24) is 15.0 Å². The second-order valence-corrected chi connectivity index (χ2v) is 13.2. The molecule has 1 N–H and O–H groups in total. The van der Waals surface area contributed by atoms with Crippen molar-refractivity contribution < 1.29 is 28.2 Å². The van der Waals surface area contributed by atoms with Crippen LogP contribution < -0.4 is 29.6 Å². The van der Waals surface area contributed by atoms with Gasteiger partial charge in [-0.3, -0.25) is 4.79 Å². The Morgan fingerprint density at radius 1 is 0.939 bits per heavy atom. The summed E-state index contributed by atoms with van der Waals surface area (Å²) in [6, 6.07) is 7.41. The number of carbonyl (C=O) groups is 1. The summed E-state index contributed by atoms with van der Waals surface area (Å²) in [7, 11) is 2.66. The fourth-order valence-electron chi connectivity index (χ4n) is 2.87. The number of nitrogens with one attached hydrogen (secondary N) is 1. The molecule has 33 heavy (non-hydrogen) atoms. The normalized spacial score (nSPS) is 11.1. The minimum Gasteiger partial charge on any atom is -0.479 e. The van der Waals surface area contributed by atoms with Crippen LogP contribution in [0, 0.1) is 6.92 Å². The fourth-order valence-corrected chi connectivity index (χ4v) is 3.89. The molecule has 3 rings (SSSR count). The minimum absolute atomic E-state index is 0.0524. The van der Waals surface area contributed by atoms with E-state index < -0.39 is 8.07 Å². The number of aryl methyl sites for hydroxylation is 1. The van der Waals surface area contributed by atoms with Crippen LogP contribution in [0.2, 0.25) is 19.6 Å². The van der Waals surface area contributed by atoms with Gasteiger partial charge in [0.1, 0.15) is 13.8 Å². The number of hydrogen-bond donors (Lipinski definition) is 1. The van der Waals surface area contributed by atoms with Gasteiger partial charge in [-0.05, 0) is 19.1 Å². The highest BCUT2D eigenvalue weighted by Gasteiger charge is 2.22. The van der Waals surface area contributed by atoms with Gasteiger partial charge in [0.15, 0.2) is 5.69 Å². The van der Waals surface area contributed by atoms with Gasteiger partial charge in [0, 0.05) is 16.9 Å². The predicted octanol–water partition coefficient (Wildman–Crippen LogP) is 3.32. The van der Waals surface area contributed by atoms with E-state index in [1.165, 1.54) is 21.3 Å². The molecule has 11 heteroatoms. The van der Waals surface area contributed by atoms with Gasteiger partial charge >= 0.3 is 6.01 Å². The summed E-state index contributed by atoms with van der Waals surface area (Å²) in [5, 5.41) is 3.74. The first-order chi connectivity index (χ1) is 15.6. The molecule has 0 aromatic carbocycles. The Hall–Kier alpha value is -3.60. The molecule has 3 aromatic heterocycles. The van der Waals surface area contributed by atoms with Crippen LogP contribution in [-0.4, -0.2) is 50.3 Å². The summed E-state index contributed by atoms with van der Waals surface area (Å²) >= 11 is 0. The van der Waals surface area contributed by atoms with Gasteiger partial charge in [-0.15, -0.1) is 0 Å². The number of methoxy groups -OCH3 is 3. The Balaban J connectivity index is 1.73. The molecular formula is C22H28N4O6Si. The second kappa shape index (κ2) is 9.90. The second-order valence-electron chi connectivity index (χ2n) is 8.22. The molecule has 0 fully saturated rings. The number of nitrogens with zero attached hydrogens (tertiary/aromatic N) is 3. The molecule has 10 nitrogen and oxygen atoms in total. The van der Waals surface area contributed by atoms with Crippen LogP contribution in [0.3, 0.4) is 0 Å². The van der Waals surface area contributed by atoms with Gasteiger partial charge in [0.25, 0.3) is 5.95 Å². The number of furan rings is 1. The summed E-state index contributed by atoms with van der Waals surface area (Å²) in [5.74, 6) is 0.998. The lowest BCUT2D eigenvalue weighted by atomic mass is 10.3. The molecule has 3 heterocycles. The van der Waals surface area contributed by atoms with E-state index in [0.717, 1.165) is 10.9 Å². The standard InChI is InChI=1S/C22H28N4O6Si/c1-13-8-10-16(33(5,6)7)24-19(13)32-17-11-9-14(31-17)12-15(27)23-18-20(28-2)25-22(30-4)26-21(18)29-3/h8-11H,12H2,1-7H3,(H,23,27). The number of amides is 1. The van der Waals surface area contributed by atoms with E-state index in [-0.39, 0.29) is 41.7 Å². The van der Waals surface area contributed by atoms with E-state index in [4.69, 9.17) is 23.4 Å². The molecule has 0 aliphatic rings. The molecule has 0 bridgehead atoms. The highest BCUT2D eigenvalue weighted by atomic mass is 28.3. The molecular weight excluding hydrogens is 444 g/mol. The van der Waals surface area contributed by atoms with Crippen molar-refractivity contribution in [3.05, 3.63) is 35.6 Å². The maximum absolute atomic E-state index is 12.6. The van der Waals surface area contributed by atoms with E-state index in [1.807, 2.05) is 19.1 Å². The number of pyridine rings is 1. The lowest BCUT2D eigenvalue weighted by Crippen LogP contribution is -2.40. The first-order valence-electron chi connectivity index (χ1n) is 10.2. The number of rotatable bonds is 9. The van der Waals surface area contributed by atoms with Gasteiger partial charge in [0.05, 0.1) is 27.8 Å². The van der Waals surface area contributed by atoms with Crippen LogP contribution in [0.1, 0.15) is 11.3 Å². The van der Waals surface area contributed by atoms with Crippen molar-refractivity contribution in [2.45, 2.75) is 33.0 Å². The average Bonchev–Trinajstić information content (AvgIpc) is 3.20. The Bertz CT molecular complexity index is 1120. The largest absolute Gasteiger partial charge is 0.479 e. The number of carbonyl (C=O) groups excluding carboxylic acids is 1. The lowest BCUT2D eigenvalue weighted by molar-refractivity contribution is -0.115. The zero-order valence-electron chi connectivity index (χ0n) is 19.8. The Morgan fingerprint density at radius 2 is 1.61 bits per heavy atom. The van der Waals surface area contributed by atoms with E-state index >= 15 is 0 Å². The van der Waals surface area contributed by atoms with Gasteiger partial charge in [-0.25, -0.2) is 4.98 Å². The topological polar surface area (TPSA) is 118 Å².